The maximum absolute atomic E-state index is 12.8. The van der Waals surface area contributed by atoms with E-state index >= 15 is 0 Å². The van der Waals surface area contributed by atoms with Gasteiger partial charge in [-0.25, -0.2) is 13.8 Å². The van der Waals surface area contributed by atoms with Crippen LogP contribution in [0.15, 0.2) is 60.7 Å². The number of aromatic hydroxyl groups is 1. The van der Waals surface area contributed by atoms with Gasteiger partial charge in [-0.15, -0.1) is 0 Å². The van der Waals surface area contributed by atoms with Crippen molar-refractivity contribution in [1.82, 2.24) is 10.0 Å². The van der Waals surface area contributed by atoms with Crippen LogP contribution >= 0.6 is 0 Å². The van der Waals surface area contributed by atoms with Gasteiger partial charge in [-0.1, -0.05) is 24.3 Å². The lowest BCUT2D eigenvalue weighted by molar-refractivity contribution is -0.117. The van der Waals surface area contributed by atoms with Crippen LogP contribution in [0.3, 0.4) is 0 Å². The van der Waals surface area contributed by atoms with Crippen molar-refractivity contribution in [3.05, 3.63) is 71.8 Å². The van der Waals surface area contributed by atoms with Crippen LogP contribution in [0.4, 0.5) is 5.69 Å². The molecule has 3 aromatic carbocycles. The molecular formula is C29H31N3O9S. The van der Waals surface area contributed by atoms with Gasteiger partial charge < -0.3 is 24.6 Å². The van der Waals surface area contributed by atoms with Crippen molar-refractivity contribution < 1.29 is 42.1 Å². The third kappa shape index (κ3) is 6.92. The van der Waals surface area contributed by atoms with E-state index in [9.17, 15) is 27.9 Å². The predicted molar refractivity (Wildman–Crippen MR) is 154 cm³/mol. The Morgan fingerprint density at radius 2 is 1.74 bits per heavy atom. The first kappa shape index (κ1) is 30.2. The quantitative estimate of drug-likeness (QED) is 0.211. The zero-order valence-corrected chi connectivity index (χ0v) is 23.9. The highest BCUT2D eigenvalue weighted by molar-refractivity contribution is 7.92. The third-order valence-electron chi connectivity index (χ3n) is 6.48. The fourth-order valence-corrected chi connectivity index (χ4v) is 5.55. The largest absolute Gasteiger partial charge is 0.507 e. The number of phenolic OH excluding ortho intramolecular Hbond substituents is 1. The second kappa shape index (κ2) is 13.3. The highest BCUT2D eigenvalue weighted by atomic mass is 32.2. The summed E-state index contributed by atoms with van der Waals surface area (Å²) in [6.07, 6.45) is 2.10. The van der Waals surface area contributed by atoms with Gasteiger partial charge in [-0.05, 0) is 66.8 Å². The Bertz CT molecular complexity index is 1590. The number of methoxy groups -OCH3 is 2. The van der Waals surface area contributed by atoms with Gasteiger partial charge in [0.15, 0.2) is 0 Å². The van der Waals surface area contributed by atoms with Crippen molar-refractivity contribution in [2.75, 3.05) is 38.2 Å². The second-order valence-corrected chi connectivity index (χ2v) is 10.9. The number of benzene rings is 3. The number of hydrogen-bond acceptors (Lipinski definition) is 9. The number of esters is 1. The van der Waals surface area contributed by atoms with E-state index in [1.807, 2.05) is 4.72 Å². The smallest absolute Gasteiger partial charge is 0.345 e. The Kier molecular flexibility index (Phi) is 9.53. The highest BCUT2D eigenvalue weighted by Crippen LogP contribution is 2.36. The summed E-state index contributed by atoms with van der Waals surface area (Å²) >= 11 is 0. The number of unbranched alkanes of at least 4 members (excludes halogenated alkanes) is 2. The lowest BCUT2D eigenvalue weighted by atomic mass is 10.0. The Labute approximate surface area is 243 Å². The van der Waals surface area contributed by atoms with Crippen LogP contribution in [0, 0.1) is 0 Å². The van der Waals surface area contributed by atoms with Crippen molar-refractivity contribution in [2.24, 2.45) is 0 Å². The SMILES string of the molecule is COC(=O)c1c(O)cccc1OCCCCCNC(=O)c1cccc(-c2ccc(OC)c(N3CC(=O)NS3(=O)=O)c2)c1. The van der Waals surface area contributed by atoms with Gasteiger partial charge in [0.25, 0.3) is 11.8 Å². The molecule has 0 spiro atoms. The first-order valence-electron chi connectivity index (χ1n) is 13.1. The molecule has 0 atom stereocenters. The molecule has 222 valence electrons. The van der Waals surface area contributed by atoms with E-state index in [1.165, 1.54) is 20.3 Å². The standard InChI is InChI=1S/C29H31N3O9S/c1-39-24-13-12-20(17-22(24)32-18-26(34)31-42(32,37)38)19-8-6-9-21(16-19)28(35)30-14-4-3-5-15-41-25-11-7-10-23(33)27(25)29(36)40-2/h6-13,16-17,33H,3-5,14-15,18H2,1-2H3,(H,30,35)(H,31,34). The van der Waals surface area contributed by atoms with E-state index < -0.39 is 22.1 Å². The molecule has 2 amide bonds. The molecule has 0 bridgehead atoms. The summed E-state index contributed by atoms with van der Waals surface area (Å²) in [5.41, 5.74) is 1.93. The molecule has 42 heavy (non-hydrogen) atoms. The van der Waals surface area contributed by atoms with Crippen molar-refractivity contribution in [1.29, 1.82) is 0 Å². The molecule has 4 rings (SSSR count). The van der Waals surface area contributed by atoms with Crippen molar-refractivity contribution >= 4 is 33.7 Å². The molecular weight excluding hydrogens is 566 g/mol. The predicted octanol–water partition coefficient (Wildman–Crippen LogP) is 3.01. The average Bonchev–Trinajstić information content (AvgIpc) is 3.27. The number of amides is 2. The second-order valence-electron chi connectivity index (χ2n) is 9.31. The van der Waals surface area contributed by atoms with Crippen LogP contribution in [0.5, 0.6) is 17.2 Å². The van der Waals surface area contributed by atoms with Crippen molar-refractivity contribution in [3.63, 3.8) is 0 Å². The number of ether oxygens (including phenoxy) is 3. The van der Waals surface area contributed by atoms with Crippen molar-refractivity contribution in [3.8, 4) is 28.4 Å². The molecule has 0 saturated carbocycles. The maximum atomic E-state index is 12.8. The minimum atomic E-state index is -4.03. The number of hydrogen-bond donors (Lipinski definition) is 3. The number of carbonyl (C=O) groups excluding carboxylic acids is 3. The van der Waals surface area contributed by atoms with E-state index in [0.717, 1.165) is 10.7 Å². The summed E-state index contributed by atoms with van der Waals surface area (Å²) in [5.74, 6) is -1.28. The molecule has 1 saturated heterocycles. The fraction of sp³-hybridized carbons (Fsp3) is 0.276. The normalized spacial score (nSPS) is 13.8. The molecule has 3 aromatic rings. The summed E-state index contributed by atoms with van der Waals surface area (Å²) in [7, 11) is -1.40. The Balaban J connectivity index is 1.31. The molecule has 3 N–H and O–H groups in total. The summed E-state index contributed by atoms with van der Waals surface area (Å²) in [6, 6.07) is 16.4. The van der Waals surface area contributed by atoms with Gasteiger partial charge >= 0.3 is 16.2 Å². The zero-order valence-electron chi connectivity index (χ0n) is 23.1. The number of nitrogens with zero attached hydrogens (tertiary/aromatic N) is 1. The fourth-order valence-electron chi connectivity index (χ4n) is 4.40. The number of anilines is 1. The van der Waals surface area contributed by atoms with Crippen molar-refractivity contribution in [2.45, 2.75) is 19.3 Å². The Morgan fingerprint density at radius 3 is 2.45 bits per heavy atom. The van der Waals surface area contributed by atoms with Gasteiger partial charge in [0.2, 0.25) is 0 Å². The molecule has 1 aliphatic rings. The van der Waals surface area contributed by atoms with Crippen LogP contribution in [0.1, 0.15) is 40.0 Å². The molecule has 0 radical (unpaired) electrons. The third-order valence-corrected chi connectivity index (χ3v) is 7.88. The van der Waals surface area contributed by atoms with Gasteiger partial charge in [0.1, 0.15) is 29.4 Å². The van der Waals surface area contributed by atoms with E-state index in [-0.39, 0.29) is 41.0 Å². The van der Waals surface area contributed by atoms with E-state index in [4.69, 9.17) is 14.2 Å². The van der Waals surface area contributed by atoms with Crippen LogP contribution in [0.25, 0.3) is 11.1 Å². The van der Waals surface area contributed by atoms with Crippen LogP contribution < -0.4 is 23.8 Å². The molecule has 1 fully saturated rings. The van der Waals surface area contributed by atoms with E-state index in [1.54, 1.807) is 54.6 Å². The van der Waals surface area contributed by atoms with Gasteiger partial charge in [0.05, 0.1) is 26.5 Å². The van der Waals surface area contributed by atoms with E-state index in [2.05, 4.69) is 5.32 Å². The topological polar surface area (TPSA) is 161 Å². The lowest BCUT2D eigenvalue weighted by Crippen LogP contribution is -2.29. The lowest BCUT2D eigenvalue weighted by Gasteiger charge is -2.19. The minimum Gasteiger partial charge on any atom is -0.507 e. The molecule has 13 heteroatoms. The maximum Gasteiger partial charge on any atom is 0.345 e. The summed E-state index contributed by atoms with van der Waals surface area (Å²) in [6.45, 7) is 0.389. The summed E-state index contributed by atoms with van der Waals surface area (Å²) < 4.78 is 43.3. The summed E-state index contributed by atoms with van der Waals surface area (Å²) in [5, 5.41) is 12.8. The summed E-state index contributed by atoms with van der Waals surface area (Å²) in [4.78, 5) is 36.4. The van der Waals surface area contributed by atoms with Crippen LogP contribution in [-0.2, 0) is 19.7 Å². The molecule has 12 nitrogen and oxygen atoms in total. The van der Waals surface area contributed by atoms with Gasteiger partial charge in [0, 0.05) is 12.1 Å². The molecule has 0 aromatic heterocycles. The number of phenols is 1. The number of nitrogens with one attached hydrogen (secondary N) is 2. The first-order chi connectivity index (χ1) is 20.1. The minimum absolute atomic E-state index is 0.0199. The number of rotatable bonds is 12. The van der Waals surface area contributed by atoms with Crippen LogP contribution in [-0.4, -0.2) is 65.2 Å². The Morgan fingerprint density at radius 1 is 0.976 bits per heavy atom. The molecule has 1 aliphatic heterocycles. The molecule has 0 aliphatic carbocycles. The number of carbonyl (C=O) groups is 3. The Hall–Kier alpha value is -4.78. The highest BCUT2D eigenvalue weighted by Gasteiger charge is 2.35. The van der Waals surface area contributed by atoms with Gasteiger partial charge in [-0.2, -0.15) is 8.42 Å². The van der Waals surface area contributed by atoms with E-state index in [0.29, 0.717) is 42.7 Å². The van der Waals surface area contributed by atoms with Crippen LogP contribution in [0.2, 0.25) is 0 Å². The molecule has 0 unspecified atom stereocenters. The zero-order chi connectivity index (χ0) is 30.3. The first-order valence-corrected chi connectivity index (χ1v) is 14.5. The monoisotopic (exact) mass is 597 g/mol. The van der Waals surface area contributed by atoms with Gasteiger partial charge in [-0.3, -0.25) is 9.59 Å². The average molecular weight is 598 g/mol. The molecule has 1 heterocycles.